The van der Waals surface area contributed by atoms with Gasteiger partial charge in [0.25, 0.3) is 0 Å². The van der Waals surface area contributed by atoms with Crippen molar-refractivity contribution in [1.29, 1.82) is 0 Å². The van der Waals surface area contributed by atoms with Crippen molar-refractivity contribution in [2.24, 2.45) is 0 Å². The zero-order chi connectivity index (χ0) is 16.9. The van der Waals surface area contributed by atoms with Gasteiger partial charge in [0.15, 0.2) is 5.16 Å². The van der Waals surface area contributed by atoms with Crippen LogP contribution in [0.15, 0.2) is 52.2 Å². The van der Waals surface area contributed by atoms with Gasteiger partial charge in [-0.05, 0) is 18.6 Å². The fraction of sp³-hybridized carbons (Fsp3) is 0.235. The Bertz CT molecular complexity index is 827. The third-order valence-electron chi connectivity index (χ3n) is 3.62. The number of thioether (sulfide) groups is 1. The number of furan rings is 1. The standard InChI is InChI=1S/C17H17N3O3S/c1-2-20-15(10-12-6-4-3-5-7-12)18-19-17(20)24-11-14-13(16(21)22)8-9-23-14/h3-9H,2,10-11H2,1H3,(H,21,22). The molecule has 1 aromatic carbocycles. The van der Waals surface area contributed by atoms with Crippen LogP contribution in [0.4, 0.5) is 0 Å². The number of carbonyl (C=O) groups is 1. The van der Waals surface area contributed by atoms with Gasteiger partial charge in [0.1, 0.15) is 17.1 Å². The van der Waals surface area contributed by atoms with Crippen molar-refractivity contribution in [3.63, 3.8) is 0 Å². The second-order valence-electron chi connectivity index (χ2n) is 5.16. The van der Waals surface area contributed by atoms with Crippen LogP contribution in [0.5, 0.6) is 0 Å². The zero-order valence-corrected chi connectivity index (χ0v) is 14.0. The lowest BCUT2D eigenvalue weighted by Crippen LogP contribution is -2.04. The van der Waals surface area contributed by atoms with E-state index in [0.717, 1.165) is 17.5 Å². The fourth-order valence-electron chi connectivity index (χ4n) is 2.43. The third kappa shape index (κ3) is 3.51. The van der Waals surface area contributed by atoms with E-state index in [1.165, 1.54) is 29.7 Å². The summed E-state index contributed by atoms with van der Waals surface area (Å²) in [6, 6.07) is 11.6. The molecular formula is C17H17N3O3S. The van der Waals surface area contributed by atoms with E-state index in [0.29, 0.717) is 17.9 Å². The number of nitrogens with zero attached hydrogens (tertiary/aromatic N) is 3. The fourth-order valence-corrected chi connectivity index (χ4v) is 3.40. The Kier molecular flexibility index (Phi) is 5.00. The molecule has 0 radical (unpaired) electrons. The Balaban J connectivity index is 1.74. The van der Waals surface area contributed by atoms with Gasteiger partial charge in [-0.15, -0.1) is 10.2 Å². The van der Waals surface area contributed by atoms with Crippen molar-refractivity contribution in [2.45, 2.75) is 30.8 Å². The molecule has 2 aromatic heterocycles. The molecular weight excluding hydrogens is 326 g/mol. The topological polar surface area (TPSA) is 81.2 Å². The van der Waals surface area contributed by atoms with Crippen LogP contribution in [0.3, 0.4) is 0 Å². The Hall–Kier alpha value is -2.54. The SMILES string of the molecule is CCn1c(Cc2ccccc2)nnc1SCc1occc1C(=O)O. The minimum Gasteiger partial charge on any atom is -0.478 e. The van der Waals surface area contributed by atoms with Crippen LogP contribution in [-0.2, 0) is 18.7 Å². The molecule has 0 aliphatic rings. The molecule has 0 amide bonds. The first-order valence-electron chi connectivity index (χ1n) is 7.57. The van der Waals surface area contributed by atoms with Gasteiger partial charge < -0.3 is 14.1 Å². The molecule has 1 N–H and O–H groups in total. The van der Waals surface area contributed by atoms with Gasteiger partial charge >= 0.3 is 5.97 Å². The smallest absolute Gasteiger partial charge is 0.339 e. The van der Waals surface area contributed by atoms with E-state index in [1.807, 2.05) is 29.7 Å². The summed E-state index contributed by atoms with van der Waals surface area (Å²) < 4.78 is 7.31. The molecule has 0 fully saturated rings. The van der Waals surface area contributed by atoms with E-state index in [2.05, 4.69) is 22.3 Å². The van der Waals surface area contributed by atoms with Crippen LogP contribution in [0.25, 0.3) is 0 Å². The first-order chi connectivity index (χ1) is 11.7. The van der Waals surface area contributed by atoms with Crippen LogP contribution in [0.2, 0.25) is 0 Å². The molecule has 0 aliphatic carbocycles. The molecule has 124 valence electrons. The molecule has 0 spiro atoms. The monoisotopic (exact) mass is 343 g/mol. The predicted molar refractivity (Wildman–Crippen MR) is 90.2 cm³/mol. The Labute approximate surface area is 143 Å². The summed E-state index contributed by atoms with van der Waals surface area (Å²) in [4.78, 5) is 11.1. The molecule has 7 heteroatoms. The molecule has 2 heterocycles. The normalized spacial score (nSPS) is 10.9. The highest BCUT2D eigenvalue weighted by Gasteiger charge is 2.16. The number of benzene rings is 1. The Morgan fingerprint density at radius 2 is 2.04 bits per heavy atom. The van der Waals surface area contributed by atoms with Gasteiger partial charge in [0.2, 0.25) is 0 Å². The van der Waals surface area contributed by atoms with Crippen molar-refractivity contribution in [1.82, 2.24) is 14.8 Å². The lowest BCUT2D eigenvalue weighted by atomic mass is 10.1. The van der Waals surface area contributed by atoms with E-state index in [-0.39, 0.29) is 5.56 Å². The first-order valence-corrected chi connectivity index (χ1v) is 8.56. The summed E-state index contributed by atoms with van der Waals surface area (Å²) in [5.41, 5.74) is 1.37. The molecule has 0 bridgehead atoms. The van der Waals surface area contributed by atoms with Crippen molar-refractivity contribution in [2.75, 3.05) is 0 Å². The van der Waals surface area contributed by atoms with Gasteiger partial charge in [-0.1, -0.05) is 42.1 Å². The lowest BCUT2D eigenvalue weighted by Gasteiger charge is -2.07. The maximum Gasteiger partial charge on any atom is 0.339 e. The van der Waals surface area contributed by atoms with Crippen molar-refractivity contribution in [3.05, 3.63) is 65.4 Å². The van der Waals surface area contributed by atoms with Crippen molar-refractivity contribution < 1.29 is 14.3 Å². The van der Waals surface area contributed by atoms with Crippen LogP contribution in [0, 0.1) is 0 Å². The highest BCUT2D eigenvalue weighted by Crippen LogP contribution is 2.25. The maximum absolute atomic E-state index is 11.1. The largest absolute Gasteiger partial charge is 0.478 e. The average molecular weight is 343 g/mol. The average Bonchev–Trinajstić information content (AvgIpc) is 3.20. The van der Waals surface area contributed by atoms with Crippen molar-refractivity contribution >= 4 is 17.7 Å². The number of hydrogen-bond donors (Lipinski definition) is 1. The quantitative estimate of drug-likeness (QED) is 0.662. The third-order valence-corrected chi connectivity index (χ3v) is 4.59. The number of carboxylic acids is 1. The highest BCUT2D eigenvalue weighted by molar-refractivity contribution is 7.98. The molecule has 0 saturated heterocycles. The number of hydrogen-bond acceptors (Lipinski definition) is 5. The highest BCUT2D eigenvalue weighted by atomic mass is 32.2. The second-order valence-corrected chi connectivity index (χ2v) is 6.10. The summed E-state index contributed by atoms with van der Waals surface area (Å²) >= 11 is 1.42. The van der Waals surface area contributed by atoms with Crippen molar-refractivity contribution in [3.8, 4) is 0 Å². The van der Waals surface area contributed by atoms with Gasteiger partial charge in [-0.3, -0.25) is 0 Å². The molecule has 0 unspecified atom stereocenters. The number of aromatic carboxylic acids is 1. The summed E-state index contributed by atoms with van der Waals surface area (Å²) in [6.45, 7) is 2.79. The van der Waals surface area contributed by atoms with E-state index in [4.69, 9.17) is 9.52 Å². The van der Waals surface area contributed by atoms with Crippen LogP contribution in [-0.4, -0.2) is 25.8 Å². The minimum atomic E-state index is -0.985. The minimum absolute atomic E-state index is 0.189. The molecule has 0 saturated carbocycles. The van der Waals surface area contributed by atoms with Gasteiger partial charge in [-0.2, -0.15) is 0 Å². The second kappa shape index (κ2) is 7.35. The molecule has 6 nitrogen and oxygen atoms in total. The van der Waals surface area contributed by atoms with Crippen LogP contribution in [0.1, 0.15) is 34.4 Å². The maximum atomic E-state index is 11.1. The van der Waals surface area contributed by atoms with E-state index in [9.17, 15) is 4.79 Å². The first kappa shape index (κ1) is 16.3. The number of carboxylic acid groups (broad SMARTS) is 1. The predicted octanol–water partition coefficient (Wildman–Crippen LogP) is 3.47. The number of aromatic nitrogens is 3. The summed E-state index contributed by atoms with van der Waals surface area (Å²) in [5.74, 6) is 0.742. The molecule has 24 heavy (non-hydrogen) atoms. The Morgan fingerprint density at radius 3 is 2.75 bits per heavy atom. The van der Waals surface area contributed by atoms with Gasteiger partial charge in [0, 0.05) is 13.0 Å². The summed E-state index contributed by atoms with van der Waals surface area (Å²) in [5, 5.41) is 18.4. The molecule has 0 aliphatic heterocycles. The summed E-state index contributed by atoms with van der Waals surface area (Å²) in [7, 11) is 0. The van der Waals surface area contributed by atoms with E-state index < -0.39 is 5.97 Å². The summed E-state index contributed by atoms with van der Waals surface area (Å²) in [6.07, 6.45) is 2.11. The molecule has 3 rings (SSSR count). The molecule has 0 atom stereocenters. The lowest BCUT2D eigenvalue weighted by molar-refractivity contribution is 0.0695. The van der Waals surface area contributed by atoms with Crippen LogP contribution < -0.4 is 0 Å². The van der Waals surface area contributed by atoms with Crippen LogP contribution >= 0.6 is 11.8 Å². The Morgan fingerprint density at radius 1 is 1.25 bits per heavy atom. The molecule has 3 aromatic rings. The zero-order valence-electron chi connectivity index (χ0n) is 13.2. The van der Waals surface area contributed by atoms with E-state index in [1.54, 1.807) is 0 Å². The van der Waals surface area contributed by atoms with E-state index >= 15 is 0 Å². The number of rotatable bonds is 7. The van der Waals surface area contributed by atoms with Gasteiger partial charge in [0.05, 0.1) is 12.0 Å². The van der Waals surface area contributed by atoms with Gasteiger partial charge in [-0.25, -0.2) is 4.79 Å².